The van der Waals surface area contributed by atoms with E-state index < -0.39 is 17.4 Å². The highest BCUT2D eigenvalue weighted by molar-refractivity contribution is 6.04. The van der Waals surface area contributed by atoms with Crippen molar-refractivity contribution in [1.29, 1.82) is 0 Å². The van der Waals surface area contributed by atoms with Crippen LogP contribution in [0.5, 0.6) is 23.0 Å². The van der Waals surface area contributed by atoms with Gasteiger partial charge in [0.2, 0.25) is 5.88 Å². The lowest BCUT2D eigenvalue weighted by atomic mass is 10.1. The van der Waals surface area contributed by atoms with Gasteiger partial charge in [0.15, 0.2) is 23.1 Å². The second-order valence-corrected chi connectivity index (χ2v) is 10.8. The molecule has 0 unspecified atom stereocenters. The van der Waals surface area contributed by atoms with Gasteiger partial charge >= 0.3 is 5.69 Å². The molecule has 234 valence electrons. The summed E-state index contributed by atoms with van der Waals surface area (Å²) in [5, 5.41) is 3.28. The number of likely N-dealkylation sites (tertiary alicyclic amines) is 1. The molecule has 12 heteroatoms. The van der Waals surface area contributed by atoms with Gasteiger partial charge in [-0.3, -0.25) is 14.3 Å². The number of pyridine rings is 1. The number of hydrogen-bond donors (Lipinski definition) is 1. The molecule has 45 heavy (non-hydrogen) atoms. The molecule has 1 saturated heterocycles. The van der Waals surface area contributed by atoms with Crippen LogP contribution in [0.1, 0.15) is 35.4 Å². The summed E-state index contributed by atoms with van der Waals surface area (Å²) in [6, 6.07) is 12.6. The van der Waals surface area contributed by atoms with Gasteiger partial charge in [0.1, 0.15) is 11.4 Å². The average molecular weight is 616 g/mol. The van der Waals surface area contributed by atoms with Crippen molar-refractivity contribution in [2.24, 2.45) is 7.05 Å². The van der Waals surface area contributed by atoms with Crippen molar-refractivity contribution in [3.05, 3.63) is 88.7 Å². The fourth-order valence-electron chi connectivity index (χ4n) is 5.65. The number of imidazole rings is 1. The Labute approximate surface area is 258 Å². The number of hydrogen-bond acceptors (Lipinski definition) is 8. The second kappa shape index (κ2) is 12.9. The van der Waals surface area contributed by atoms with Crippen LogP contribution in [-0.4, -0.2) is 58.3 Å². The van der Waals surface area contributed by atoms with Gasteiger partial charge in [-0.05, 0) is 69.6 Å². The number of fused-ring (bicyclic) bond motifs is 1. The van der Waals surface area contributed by atoms with Crippen LogP contribution in [0.15, 0.2) is 70.2 Å². The summed E-state index contributed by atoms with van der Waals surface area (Å²) in [6.45, 7) is 5.48. The molecule has 3 aromatic heterocycles. The molecule has 1 aliphatic heterocycles. The van der Waals surface area contributed by atoms with Gasteiger partial charge in [-0.25, -0.2) is 13.8 Å². The van der Waals surface area contributed by atoms with E-state index in [0.717, 1.165) is 32.1 Å². The Morgan fingerprint density at radius 2 is 1.89 bits per heavy atom. The van der Waals surface area contributed by atoms with E-state index >= 15 is 4.39 Å². The average Bonchev–Trinajstić information content (AvgIpc) is 3.79. The van der Waals surface area contributed by atoms with Crippen molar-refractivity contribution in [2.45, 2.75) is 26.2 Å². The molecule has 0 spiro atoms. The Balaban J connectivity index is 1.17. The van der Waals surface area contributed by atoms with Crippen LogP contribution in [0.4, 0.5) is 10.1 Å². The largest absolute Gasteiger partial charge is 0.493 e. The van der Waals surface area contributed by atoms with Crippen molar-refractivity contribution >= 4 is 22.5 Å². The Bertz CT molecular complexity index is 1890. The molecule has 0 bridgehead atoms. The van der Waals surface area contributed by atoms with E-state index in [4.69, 9.17) is 18.6 Å². The smallest absolute Gasteiger partial charge is 0.335 e. The number of aromatic nitrogens is 3. The Hall–Kier alpha value is -5.10. The van der Waals surface area contributed by atoms with Crippen LogP contribution in [0.3, 0.4) is 0 Å². The third-order valence-electron chi connectivity index (χ3n) is 7.90. The predicted octanol–water partition coefficient (Wildman–Crippen LogP) is 5.68. The van der Waals surface area contributed by atoms with E-state index in [1.807, 2.05) is 0 Å². The number of benzene rings is 2. The number of nitrogens with zero attached hydrogens (tertiary/aromatic N) is 4. The lowest BCUT2D eigenvalue weighted by molar-refractivity contribution is 0.101. The van der Waals surface area contributed by atoms with E-state index in [-0.39, 0.29) is 23.0 Å². The minimum Gasteiger partial charge on any atom is -0.493 e. The van der Waals surface area contributed by atoms with Gasteiger partial charge in [-0.15, -0.1) is 0 Å². The molecule has 0 radical (unpaired) electrons. The fourth-order valence-corrected chi connectivity index (χ4v) is 5.65. The lowest BCUT2D eigenvalue weighted by Crippen LogP contribution is -2.23. The molecule has 5 aromatic rings. The Kier molecular flexibility index (Phi) is 8.56. The van der Waals surface area contributed by atoms with Gasteiger partial charge in [0, 0.05) is 49.1 Å². The number of ether oxygens (including phenoxy) is 3. The first-order valence-corrected chi connectivity index (χ1v) is 14.8. The molecule has 1 N–H and O–H groups in total. The highest BCUT2D eigenvalue weighted by Gasteiger charge is 2.23. The number of rotatable bonds is 11. The first-order chi connectivity index (χ1) is 21.8. The molecule has 4 heterocycles. The first kappa shape index (κ1) is 29.9. The number of amides is 1. The van der Waals surface area contributed by atoms with Crippen molar-refractivity contribution in [3.8, 4) is 28.9 Å². The fraction of sp³-hybridized carbons (Fsp3) is 0.303. The zero-order valence-corrected chi connectivity index (χ0v) is 25.3. The maximum atomic E-state index is 15.3. The summed E-state index contributed by atoms with van der Waals surface area (Å²) in [7, 11) is 3.05. The molecular formula is C33H34FN5O6. The van der Waals surface area contributed by atoms with Crippen LogP contribution >= 0.6 is 0 Å². The van der Waals surface area contributed by atoms with Gasteiger partial charge in [-0.2, -0.15) is 0 Å². The van der Waals surface area contributed by atoms with Crippen molar-refractivity contribution in [1.82, 2.24) is 19.0 Å². The highest BCUT2D eigenvalue weighted by Crippen LogP contribution is 2.38. The van der Waals surface area contributed by atoms with Gasteiger partial charge in [0.25, 0.3) is 5.91 Å². The molecule has 2 aromatic carbocycles. The monoisotopic (exact) mass is 615 g/mol. The molecule has 1 fully saturated rings. The van der Waals surface area contributed by atoms with E-state index in [1.165, 1.54) is 47.4 Å². The second-order valence-electron chi connectivity index (χ2n) is 10.8. The first-order valence-electron chi connectivity index (χ1n) is 14.8. The van der Waals surface area contributed by atoms with Crippen molar-refractivity contribution in [3.63, 3.8) is 0 Å². The zero-order chi connectivity index (χ0) is 31.5. The molecule has 1 aliphatic rings. The third-order valence-corrected chi connectivity index (χ3v) is 7.90. The molecule has 11 nitrogen and oxygen atoms in total. The Morgan fingerprint density at radius 1 is 1.07 bits per heavy atom. The molecular weight excluding hydrogens is 581 g/mol. The molecule has 0 aliphatic carbocycles. The number of methoxy groups -OCH3 is 1. The molecule has 0 saturated carbocycles. The highest BCUT2D eigenvalue weighted by atomic mass is 19.1. The van der Waals surface area contributed by atoms with E-state index in [0.29, 0.717) is 40.5 Å². The summed E-state index contributed by atoms with van der Waals surface area (Å²) >= 11 is 0. The number of halogens is 1. The SMILES string of the molecule is COc1cc2c(Oc3ccc(NC(=O)c4c(C)n(-c5ccco5)c(=O)n4C)cc3F)ccnc2cc1OCCCN1CCCC1. The van der Waals surface area contributed by atoms with Crippen molar-refractivity contribution < 1.29 is 27.8 Å². The van der Waals surface area contributed by atoms with E-state index in [9.17, 15) is 9.59 Å². The van der Waals surface area contributed by atoms with Crippen LogP contribution in [0.2, 0.25) is 0 Å². The predicted molar refractivity (Wildman–Crippen MR) is 167 cm³/mol. The van der Waals surface area contributed by atoms with Crippen LogP contribution in [0, 0.1) is 12.7 Å². The molecule has 1 amide bonds. The van der Waals surface area contributed by atoms with E-state index in [1.54, 1.807) is 50.6 Å². The number of carbonyl (C=O) groups is 1. The van der Waals surface area contributed by atoms with E-state index in [2.05, 4.69) is 15.2 Å². The summed E-state index contributed by atoms with van der Waals surface area (Å²) in [6.07, 6.45) is 6.44. The Morgan fingerprint density at radius 3 is 2.62 bits per heavy atom. The van der Waals surface area contributed by atoms with Crippen molar-refractivity contribution in [2.75, 3.05) is 38.7 Å². The molecule has 0 atom stereocenters. The summed E-state index contributed by atoms with van der Waals surface area (Å²) in [5.74, 6) is 0.444. The van der Waals surface area contributed by atoms with Gasteiger partial charge in [0.05, 0.1) is 31.2 Å². The summed E-state index contributed by atoms with van der Waals surface area (Å²) in [4.78, 5) is 32.8. The summed E-state index contributed by atoms with van der Waals surface area (Å²) < 4.78 is 40.7. The lowest BCUT2D eigenvalue weighted by Gasteiger charge is -2.16. The van der Waals surface area contributed by atoms with Crippen LogP contribution < -0.4 is 25.2 Å². The van der Waals surface area contributed by atoms with Crippen LogP contribution in [-0.2, 0) is 7.05 Å². The maximum Gasteiger partial charge on any atom is 0.335 e. The quantitative estimate of drug-likeness (QED) is 0.189. The third kappa shape index (κ3) is 6.14. The van der Waals surface area contributed by atoms with Gasteiger partial charge in [-0.1, -0.05) is 0 Å². The summed E-state index contributed by atoms with van der Waals surface area (Å²) in [5.41, 5.74) is 0.847. The van der Waals surface area contributed by atoms with Crippen LogP contribution in [0.25, 0.3) is 16.8 Å². The number of furan rings is 1. The topological polar surface area (TPSA) is 113 Å². The minimum absolute atomic E-state index is 0.0470. The zero-order valence-electron chi connectivity index (χ0n) is 25.3. The number of nitrogens with one attached hydrogen (secondary N) is 1. The number of anilines is 1. The standard InChI is InChI=1S/C33H34FN5O6/c1-21-31(37(2)33(41)39(21)30-8-6-16-44-30)32(40)36-22-9-10-27(24(34)18-22)45-26-11-12-35-25-20-29(28(42-3)19-23(25)26)43-17-7-15-38-13-4-5-14-38/h6,8-12,16,18-20H,4-5,7,13-15,17H2,1-3H3,(H,36,40). The normalized spacial score (nSPS) is 13.3. The van der Waals surface area contributed by atoms with Gasteiger partial charge < -0.3 is 28.8 Å². The molecule has 6 rings (SSSR count). The maximum absolute atomic E-state index is 15.3. The number of carbonyl (C=O) groups excluding carboxylic acids is 1. The minimum atomic E-state index is -0.693.